The molecule has 0 atom stereocenters. The van der Waals surface area contributed by atoms with Gasteiger partial charge in [-0.05, 0) is 41.3 Å². The lowest BCUT2D eigenvalue weighted by molar-refractivity contribution is 0.0934. The number of carbonyl (C=O) groups excluding carboxylic acids is 2. The van der Waals surface area contributed by atoms with Gasteiger partial charge in [-0.1, -0.05) is 31.3 Å². The fraction of sp³-hybridized carbons (Fsp3) is 0.200. The van der Waals surface area contributed by atoms with E-state index < -0.39 is 0 Å². The fourth-order valence-electron chi connectivity index (χ4n) is 3.69. The van der Waals surface area contributed by atoms with Crippen LogP contribution < -0.4 is 16.4 Å². The van der Waals surface area contributed by atoms with Gasteiger partial charge in [-0.2, -0.15) is 11.3 Å². The molecule has 1 aromatic carbocycles. The number of thiophene rings is 1. The number of hydrogen-bond acceptors (Lipinski definition) is 8. The van der Waals surface area contributed by atoms with Crippen LogP contribution in [0.15, 0.2) is 53.4 Å². The highest BCUT2D eigenvalue weighted by molar-refractivity contribution is 7.22. The lowest BCUT2D eigenvalue weighted by Crippen LogP contribution is -2.28. The smallest absolute Gasteiger partial charge is 0.270 e. The third kappa shape index (κ3) is 5.08. The van der Waals surface area contributed by atoms with Crippen LogP contribution >= 0.6 is 22.7 Å². The van der Waals surface area contributed by atoms with Crippen molar-refractivity contribution in [2.45, 2.75) is 20.4 Å². The molecule has 0 fully saturated rings. The van der Waals surface area contributed by atoms with Crippen LogP contribution in [0.1, 0.15) is 40.3 Å². The molecule has 9 nitrogen and oxygen atoms in total. The number of imidazole rings is 1. The standard InChI is InChI=1S/C23H20N6O3S2.C2H6/c24-23-27-16-4-3-13(10-17(16)34-23)11-26-21(31)15-2-1-7-29-19(22(32)25-6-8-30)18(28-20(15)29)14-5-9-33-12-14;1-2/h1-5,7,9-10,12,30H,6,8,11H2,(H2,24,27)(H,25,32)(H,26,31);1-2H3. The first kappa shape index (κ1) is 25.3. The van der Waals surface area contributed by atoms with Gasteiger partial charge < -0.3 is 21.5 Å². The molecule has 0 spiro atoms. The minimum Gasteiger partial charge on any atom is -0.395 e. The molecule has 0 saturated carbocycles. The molecule has 5 N–H and O–H groups in total. The number of aromatic nitrogens is 3. The van der Waals surface area contributed by atoms with Crippen molar-refractivity contribution in [2.24, 2.45) is 0 Å². The predicted octanol–water partition coefficient (Wildman–Crippen LogP) is 3.93. The van der Waals surface area contributed by atoms with Crippen LogP contribution in [0.25, 0.3) is 27.1 Å². The van der Waals surface area contributed by atoms with Crippen molar-refractivity contribution in [3.63, 3.8) is 0 Å². The van der Waals surface area contributed by atoms with Crippen molar-refractivity contribution >= 4 is 55.5 Å². The van der Waals surface area contributed by atoms with E-state index in [0.717, 1.165) is 21.3 Å². The largest absolute Gasteiger partial charge is 0.395 e. The first-order valence-corrected chi connectivity index (χ1v) is 13.2. The highest BCUT2D eigenvalue weighted by Crippen LogP contribution is 2.28. The van der Waals surface area contributed by atoms with E-state index in [-0.39, 0.29) is 25.0 Å². The maximum absolute atomic E-state index is 13.1. The molecule has 0 saturated heterocycles. The SMILES string of the molecule is CC.Nc1nc2ccc(CNC(=O)c3cccn4c(C(=O)NCCO)c(-c5ccsc5)nc34)cc2s1. The Balaban J connectivity index is 0.00000148. The number of pyridine rings is 1. The van der Waals surface area contributed by atoms with Crippen molar-refractivity contribution in [3.05, 3.63) is 70.2 Å². The lowest BCUT2D eigenvalue weighted by Gasteiger charge is -2.08. The summed E-state index contributed by atoms with van der Waals surface area (Å²) in [4.78, 5) is 34.9. The van der Waals surface area contributed by atoms with E-state index in [0.29, 0.717) is 34.3 Å². The molecule has 36 heavy (non-hydrogen) atoms. The number of rotatable bonds is 7. The summed E-state index contributed by atoms with van der Waals surface area (Å²) < 4.78 is 2.57. The topological polar surface area (TPSA) is 135 Å². The Bertz CT molecular complexity index is 1510. The number of nitrogens with two attached hydrogens (primary N) is 1. The van der Waals surface area contributed by atoms with Gasteiger partial charge in [-0.25, -0.2) is 9.97 Å². The number of aliphatic hydroxyl groups excluding tert-OH is 1. The molecule has 2 amide bonds. The minimum absolute atomic E-state index is 0.116. The number of nitrogen functional groups attached to an aromatic ring is 1. The van der Waals surface area contributed by atoms with Gasteiger partial charge in [-0.15, -0.1) is 0 Å². The number of carbonyl (C=O) groups is 2. The van der Waals surface area contributed by atoms with E-state index in [1.807, 2.05) is 48.9 Å². The highest BCUT2D eigenvalue weighted by atomic mass is 32.1. The van der Waals surface area contributed by atoms with E-state index in [1.54, 1.807) is 22.7 Å². The average molecular weight is 523 g/mol. The highest BCUT2D eigenvalue weighted by Gasteiger charge is 2.23. The van der Waals surface area contributed by atoms with Gasteiger partial charge >= 0.3 is 0 Å². The Hall–Kier alpha value is -3.80. The van der Waals surface area contributed by atoms with E-state index in [9.17, 15) is 9.59 Å². The molecule has 0 aliphatic heterocycles. The van der Waals surface area contributed by atoms with E-state index in [1.165, 1.54) is 22.7 Å². The number of fused-ring (bicyclic) bond motifs is 2. The number of anilines is 1. The molecule has 0 bridgehead atoms. The summed E-state index contributed by atoms with van der Waals surface area (Å²) in [6.45, 7) is 4.25. The van der Waals surface area contributed by atoms with Crippen molar-refractivity contribution in [2.75, 3.05) is 18.9 Å². The van der Waals surface area contributed by atoms with Gasteiger partial charge in [0.15, 0.2) is 10.8 Å². The number of hydrogen-bond donors (Lipinski definition) is 4. The molecular weight excluding hydrogens is 496 g/mol. The normalized spacial score (nSPS) is 10.8. The van der Waals surface area contributed by atoms with Crippen molar-refractivity contribution < 1.29 is 14.7 Å². The average Bonchev–Trinajstić information content (AvgIpc) is 3.64. The van der Waals surface area contributed by atoms with Gasteiger partial charge in [0.2, 0.25) is 0 Å². The van der Waals surface area contributed by atoms with Crippen molar-refractivity contribution in [1.29, 1.82) is 0 Å². The quantitative estimate of drug-likeness (QED) is 0.256. The Morgan fingerprint density at radius 3 is 2.69 bits per heavy atom. The van der Waals surface area contributed by atoms with Gasteiger partial charge in [-0.3, -0.25) is 14.0 Å². The molecule has 4 aromatic heterocycles. The summed E-state index contributed by atoms with van der Waals surface area (Å²) in [5.41, 5.74) is 9.82. The number of benzene rings is 1. The number of amides is 2. The van der Waals surface area contributed by atoms with Gasteiger partial charge in [0.05, 0.1) is 22.4 Å². The molecule has 186 valence electrons. The number of aliphatic hydroxyl groups is 1. The molecule has 0 radical (unpaired) electrons. The van der Waals surface area contributed by atoms with E-state index in [2.05, 4.69) is 20.6 Å². The Labute approximate surface area is 215 Å². The van der Waals surface area contributed by atoms with Crippen molar-refractivity contribution in [1.82, 2.24) is 25.0 Å². The molecule has 4 heterocycles. The van der Waals surface area contributed by atoms with Crippen LogP contribution in [0.3, 0.4) is 0 Å². The molecule has 11 heteroatoms. The monoisotopic (exact) mass is 522 g/mol. The molecule has 5 rings (SSSR count). The molecule has 0 aliphatic carbocycles. The number of nitrogens with zero attached hydrogens (tertiary/aromatic N) is 3. The van der Waals surface area contributed by atoms with Gasteiger partial charge in [0, 0.05) is 30.2 Å². The van der Waals surface area contributed by atoms with Gasteiger partial charge in [0.1, 0.15) is 11.4 Å². The predicted molar refractivity (Wildman–Crippen MR) is 144 cm³/mol. The second-order valence-electron chi connectivity index (χ2n) is 7.45. The summed E-state index contributed by atoms with van der Waals surface area (Å²) in [5.74, 6) is -0.684. The van der Waals surface area contributed by atoms with Crippen LogP contribution in [-0.4, -0.2) is 44.4 Å². The number of thiazole rings is 1. The zero-order valence-electron chi connectivity index (χ0n) is 19.8. The van der Waals surface area contributed by atoms with Crippen LogP contribution in [0, 0.1) is 0 Å². The zero-order chi connectivity index (χ0) is 25.7. The Morgan fingerprint density at radius 2 is 1.94 bits per heavy atom. The zero-order valence-corrected chi connectivity index (χ0v) is 21.4. The molecule has 0 unspecified atom stereocenters. The Morgan fingerprint density at radius 1 is 1.11 bits per heavy atom. The van der Waals surface area contributed by atoms with Crippen molar-refractivity contribution in [3.8, 4) is 11.3 Å². The molecular formula is C25H26N6O3S2. The van der Waals surface area contributed by atoms with E-state index >= 15 is 0 Å². The summed E-state index contributed by atoms with van der Waals surface area (Å²) in [6, 6.07) is 11.0. The Kier molecular flexibility index (Phi) is 7.93. The molecule has 0 aliphatic rings. The summed E-state index contributed by atoms with van der Waals surface area (Å²) in [5, 5.41) is 19.0. The second kappa shape index (κ2) is 11.3. The van der Waals surface area contributed by atoms with Crippen LogP contribution in [-0.2, 0) is 6.54 Å². The first-order valence-electron chi connectivity index (χ1n) is 11.4. The minimum atomic E-state index is -0.377. The van der Waals surface area contributed by atoms with E-state index in [4.69, 9.17) is 10.8 Å². The summed E-state index contributed by atoms with van der Waals surface area (Å²) in [6.07, 6.45) is 1.70. The van der Waals surface area contributed by atoms with Gasteiger partial charge in [0.25, 0.3) is 11.8 Å². The van der Waals surface area contributed by atoms with Crippen LogP contribution in [0.5, 0.6) is 0 Å². The summed E-state index contributed by atoms with van der Waals surface area (Å²) in [7, 11) is 0. The second-order valence-corrected chi connectivity index (χ2v) is 9.30. The van der Waals surface area contributed by atoms with Crippen LogP contribution in [0.4, 0.5) is 5.13 Å². The third-order valence-corrected chi connectivity index (χ3v) is 6.75. The maximum Gasteiger partial charge on any atom is 0.270 e. The third-order valence-electron chi connectivity index (χ3n) is 5.22. The van der Waals surface area contributed by atoms with Crippen LogP contribution in [0.2, 0.25) is 0 Å². The maximum atomic E-state index is 13.1. The first-order chi connectivity index (χ1) is 17.5. The number of nitrogens with one attached hydrogen (secondary N) is 2. The lowest BCUT2D eigenvalue weighted by atomic mass is 10.2. The fourth-order valence-corrected chi connectivity index (χ4v) is 5.13. The molecule has 5 aromatic rings. The summed E-state index contributed by atoms with van der Waals surface area (Å²) >= 11 is 2.89.